The molecule has 0 fully saturated rings. The molecule has 1 heterocycles. The van der Waals surface area contributed by atoms with E-state index in [0.29, 0.717) is 0 Å². The molecule has 0 bridgehead atoms. The third-order valence-electron chi connectivity index (χ3n) is 3.00. The third-order valence-corrected chi connectivity index (χ3v) is 3.44. The Kier molecular flexibility index (Phi) is 4.56. The number of benzene rings is 1. The maximum atomic E-state index is 6.30. The average Bonchev–Trinajstić information content (AvgIpc) is 2.38. The van der Waals surface area contributed by atoms with Crippen LogP contribution in [0.4, 0.5) is 0 Å². The summed E-state index contributed by atoms with van der Waals surface area (Å²) < 4.78 is 6.34. The molecule has 1 aromatic carbocycles. The molecule has 3 nitrogen and oxygen atoms in total. The first-order valence-corrected chi connectivity index (χ1v) is 6.89. The molecule has 1 unspecified atom stereocenters. The van der Waals surface area contributed by atoms with Crippen LogP contribution in [0.15, 0.2) is 41.1 Å². The summed E-state index contributed by atoms with van der Waals surface area (Å²) >= 11 is 3.42. The van der Waals surface area contributed by atoms with Crippen molar-refractivity contribution in [2.45, 2.75) is 19.4 Å². The summed E-state index contributed by atoms with van der Waals surface area (Å²) in [5.74, 6) is 0.834. The van der Waals surface area contributed by atoms with E-state index in [1.54, 1.807) is 13.3 Å². The van der Waals surface area contributed by atoms with E-state index in [1.165, 1.54) is 5.56 Å². The number of rotatable bonds is 4. The number of halogens is 1. The number of aromatic nitrogens is 1. The first kappa shape index (κ1) is 14.0. The Labute approximate surface area is 121 Å². The van der Waals surface area contributed by atoms with Gasteiger partial charge in [-0.3, -0.25) is 4.98 Å². The van der Waals surface area contributed by atoms with E-state index in [-0.39, 0.29) is 6.04 Å². The van der Waals surface area contributed by atoms with Gasteiger partial charge in [-0.05, 0) is 47.0 Å². The summed E-state index contributed by atoms with van der Waals surface area (Å²) in [6.45, 7) is 2.05. The molecule has 1 atom stereocenters. The van der Waals surface area contributed by atoms with Crippen LogP contribution in [0, 0.1) is 6.92 Å². The smallest absolute Gasteiger partial charge is 0.123 e. The fraction of sp³-hybridized carbons (Fsp3) is 0.267. The molecule has 2 N–H and O–H groups in total. The van der Waals surface area contributed by atoms with Crippen LogP contribution in [-0.2, 0) is 6.42 Å². The molecule has 2 aromatic rings. The van der Waals surface area contributed by atoms with Gasteiger partial charge in [0.25, 0.3) is 0 Å². The van der Waals surface area contributed by atoms with Crippen molar-refractivity contribution in [3.63, 3.8) is 0 Å². The Bertz CT molecular complexity index is 572. The van der Waals surface area contributed by atoms with Gasteiger partial charge in [0.2, 0.25) is 0 Å². The van der Waals surface area contributed by atoms with E-state index in [2.05, 4.69) is 33.9 Å². The molecule has 4 heteroatoms. The quantitative estimate of drug-likeness (QED) is 0.939. The molecular formula is C15H17BrN2O. The first-order chi connectivity index (χ1) is 9.10. The minimum absolute atomic E-state index is 0.106. The van der Waals surface area contributed by atoms with Crippen molar-refractivity contribution in [1.82, 2.24) is 4.98 Å². The van der Waals surface area contributed by atoms with Crippen LogP contribution in [-0.4, -0.2) is 12.1 Å². The highest BCUT2D eigenvalue weighted by atomic mass is 79.9. The number of nitrogens with two attached hydrogens (primary N) is 1. The Morgan fingerprint density at radius 3 is 2.79 bits per heavy atom. The van der Waals surface area contributed by atoms with Gasteiger partial charge in [0.15, 0.2) is 0 Å². The van der Waals surface area contributed by atoms with Crippen molar-refractivity contribution in [2.75, 3.05) is 7.11 Å². The van der Waals surface area contributed by atoms with E-state index in [0.717, 1.165) is 27.8 Å². The van der Waals surface area contributed by atoms with Gasteiger partial charge in [-0.2, -0.15) is 0 Å². The Balaban J connectivity index is 2.24. The van der Waals surface area contributed by atoms with Gasteiger partial charge < -0.3 is 10.5 Å². The van der Waals surface area contributed by atoms with Gasteiger partial charge in [-0.25, -0.2) is 0 Å². The summed E-state index contributed by atoms with van der Waals surface area (Å²) in [6, 6.07) is 8.00. The van der Waals surface area contributed by atoms with E-state index >= 15 is 0 Å². The second kappa shape index (κ2) is 6.17. The number of methoxy groups -OCH3 is 1. The molecule has 0 radical (unpaired) electrons. The van der Waals surface area contributed by atoms with E-state index in [1.807, 2.05) is 24.4 Å². The zero-order chi connectivity index (χ0) is 13.8. The van der Waals surface area contributed by atoms with Gasteiger partial charge in [0.1, 0.15) is 5.75 Å². The molecule has 19 heavy (non-hydrogen) atoms. The van der Waals surface area contributed by atoms with Gasteiger partial charge in [0, 0.05) is 28.5 Å². The maximum Gasteiger partial charge on any atom is 0.123 e. The largest absolute Gasteiger partial charge is 0.496 e. The SMILES string of the molecule is COc1ccc(C)cc1C(N)Cc1cncc(Br)c1. The van der Waals surface area contributed by atoms with Gasteiger partial charge in [-0.15, -0.1) is 0 Å². The summed E-state index contributed by atoms with van der Waals surface area (Å²) in [5, 5.41) is 0. The topological polar surface area (TPSA) is 48.1 Å². The Morgan fingerprint density at radius 2 is 2.11 bits per heavy atom. The third kappa shape index (κ3) is 3.55. The lowest BCUT2D eigenvalue weighted by Crippen LogP contribution is -2.14. The summed E-state index contributed by atoms with van der Waals surface area (Å²) in [7, 11) is 1.67. The van der Waals surface area contributed by atoms with Gasteiger partial charge in [-0.1, -0.05) is 17.7 Å². The molecule has 0 aliphatic rings. The molecule has 0 saturated carbocycles. The second-order valence-corrected chi connectivity index (χ2v) is 5.48. The van der Waals surface area contributed by atoms with Crippen LogP contribution in [0.3, 0.4) is 0 Å². The number of nitrogens with zero attached hydrogens (tertiary/aromatic N) is 1. The highest BCUT2D eigenvalue weighted by Gasteiger charge is 2.13. The minimum Gasteiger partial charge on any atom is -0.496 e. The van der Waals surface area contributed by atoms with Crippen molar-refractivity contribution >= 4 is 15.9 Å². The molecule has 0 aliphatic carbocycles. The Hall–Kier alpha value is -1.39. The Morgan fingerprint density at radius 1 is 1.32 bits per heavy atom. The van der Waals surface area contributed by atoms with Crippen LogP contribution in [0.2, 0.25) is 0 Å². The zero-order valence-corrected chi connectivity index (χ0v) is 12.6. The van der Waals surface area contributed by atoms with Gasteiger partial charge >= 0.3 is 0 Å². The predicted molar refractivity (Wildman–Crippen MR) is 80.3 cm³/mol. The average molecular weight is 321 g/mol. The maximum absolute atomic E-state index is 6.30. The van der Waals surface area contributed by atoms with Crippen LogP contribution in [0.1, 0.15) is 22.7 Å². The summed E-state index contributed by atoms with van der Waals surface area (Å²) in [6.07, 6.45) is 4.33. The van der Waals surface area contributed by atoms with Crippen LogP contribution < -0.4 is 10.5 Å². The van der Waals surface area contributed by atoms with E-state index in [4.69, 9.17) is 10.5 Å². The van der Waals surface area contributed by atoms with Crippen molar-refractivity contribution in [2.24, 2.45) is 5.73 Å². The molecule has 0 spiro atoms. The summed E-state index contributed by atoms with van der Waals surface area (Å²) in [4.78, 5) is 4.16. The second-order valence-electron chi connectivity index (χ2n) is 4.57. The zero-order valence-electron chi connectivity index (χ0n) is 11.1. The monoisotopic (exact) mass is 320 g/mol. The first-order valence-electron chi connectivity index (χ1n) is 6.09. The molecule has 100 valence electrons. The van der Waals surface area contributed by atoms with Crippen molar-refractivity contribution < 1.29 is 4.74 Å². The minimum atomic E-state index is -0.106. The van der Waals surface area contributed by atoms with Crippen LogP contribution in [0.25, 0.3) is 0 Å². The van der Waals surface area contributed by atoms with Crippen molar-refractivity contribution in [1.29, 1.82) is 0 Å². The lowest BCUT2D eigenvalue weighted by atomic mass is 9.98. The lowest BCUT2D eigenvalue weighted by molar-refractivity contribution is 0.405. The number of hydrogen-bond acceptors (Lipinski definition) is 3. The lowest BCUT2D eigenvalue weighted by Gasteiger charge is -2.16. The van der Waals surface area contributed by atoms with E-state index in [9.17, 15) is 0 Å². The summed E-state index contributed by atoms with van der Waals surface area (Å²) in [5.41, 5.74) is 9.61. The van der Waals surface area contributed by atoms with Crippen molar-refractivity contribution in [3.8, 4) is 5.75 Å². The highest BCUT2D eigenvalue weighted by Crippen LogP contribution is 2.27. The number of ether oxygens (including phenoxy) is 1. The number of pyridine rings is 1. The van der Waals surface area contributed by atoms with Crippen LogP contribution in [0.5, 0.6) is 5.75 Å². The van der Waals surface area contributed by atoms with Crippen LogP contribution >= 0.6 is 15.9 Å². The predicted octanol–water partition coefficient (Wildman–Crippen LogP) is 3.40. The fourth-order valence-electron chi connectivity index (χ4n) is 2.07. The molecule has 0 aliphatic heterocycles. The number of hydrogen-bond donors (Lipinski definition) is 1. The highest BCUT2D eigenvalue weighted by molar-refractivity contribution is 9.10. The number of aryl methyl sites for hydroxylation is 1. The van der Waals surface area contributed by atoms with Gasteiger partial charge in [0.05, 0.1) is 7.11 Å². The molecule has 1 aromatic heterocycles. The standard InChI is InChI=1S/C15H17BrN2O/c1-10-3-4-15(19-2)13(5-10)14(17)7-11-6-12(16)9-18-8-11/h3-6,8-9,14H,7,17H2,1-2H3. The fourth-order valence-corrected chi connectivity index (χ4v) is 2.49. The molecule has 2 rings (SSSR count). The molecule has 0 saturated heterocycles. The molecule has 0 amide bonds. The van der Waals surface area contributed by atoms with E-state index < -0.39 is 0 Å². The molecular weight excluding hydrogens is 304 g/mol. The van der Waals surface area contributed by atoms with Crippen molar-refractivity contribution in [3.05, 3.63) is 57.8 Å². The normalized spacial score (nSPS) is 12.2.